The van der Waals surface area contributed by atoms with Crippen molar-refractivity contribution in [3.63, 3.8) is 0 Å². The van der Waals surface area contributed by atoms with Crippen LogP contribution in [0.15, 0.2) is 22.0 Å². The molecule has 0 aromatic rings. The zero-order chi connectivity index (χ0) is 6.69. The third-order valence-electron chi connectivity index (χ3n) is 0.887. The minimum absolute atomic E-state index is 0.357. The molecule has 2 nitrogen and oxygen atoms in total. The molecule has 0 aromatic carbocycles. The Morgan fingerprint density at radius 1 is 1.78 bits per heavy atom. The summed E-state index contributed by atoms with van der Waals surface area (Å²) in [4.78, 5) is 10.2. The van der Waals surface area contributed by atoms with Crippen LogP contribution in [0.5, 0.6) is 0 Å². The van der Waals surface area contributed by atoms with Gasteiger partial charge in [0.1, 0.15) is 0 Å². The van der Waals surface area contributed by atoms with Crippen molar-refractivity contribution in [2.45, 2.75) is 0 Å². The first-order valence-corrected chi connectivity index (χ1v) is 6.25. The first-order valence-electron chi connectivity index (χ1n) is 2.51. The van der Waals surface area contributed by atoms with E-state index in [1.54, 1.807) is 0 Å². The number of amides is 1. The van der Waals surface area contributed by atoms with Gasteiger partial charge in [0.05, 0.1) is 0 Å². The van der Waals surface area contributed by atoms with Crippen molar-refractivity contribution in [1.82, 2.24) is 0 Å². The van der Waals surface area contributed by atoms with Crippen molar-refractivity contribution in [1.29, 1.82) is 0 Å². The summed E-state index contributed by atoms with van der Waals surface area (Å²) in [5.74, 6) is -0.357. The number of carbonyl (C=O) groups excluding carboxylic acids is 1. The number of rotatable bonds is 2. The van der Waals surface area contributed by atoms with E-state index in [-0.39, 0.29) is 5.91 Å². The molecule has 0 spiro atoms. The van der Waals surface area contributed by atoms with Crippen LogP contribution < -0.4 is 5.73 Å². The van der Waals surface area contributed by atoms with Gasteiger partial charge in [0.15, 0.2) is 0 Å². The molecule has 0 aliphatic carbocycles. The van der Waals surface area contributed by atoms with Gasteiger partial charge in [-0.1, -0.05) is 0 Å². The van der Waals surface area contributed by atoms with E-state index in [0.717, 1.165) is 0 Å². The zero-order valence-electron chi connectivity index (χ0n) is 4.74. The quantitative estimate of drug-likeness (QED) is 0.538. The Morgan fingerprint density at radius 2 is 2.44 bits per heavy atom. The van der Waals surface area contributed by atoms with E-state index in [9.17, 15) is 4.79 Å². The summed E-state index contributed by atoms with van der Waals surface area (Å²) in [5, 5.41) is 0. The fraction of sp³-hybridized carbons (Fsp3) is 0. The van der Waals surface area contributed by atoms with Gasteiger partial charge < -0.3 is 0 Å². The fourth-order valence-corrected chi connectivity index (χ4v) is 2.30. The van der Waals surface area contributed by atoms with Crippen molar-refractivity contribution in [2.75, 3.05) is 0 Å². The van der Waals surface area contributed by atoms with E-state index in [0.29, 0.717) is 0 Å². The second-order valence-corrected chi connectivity index (χ2v) is 5.78. The summed E-state index contributed by atoms with van der Waals surface area (Å²) in [6, 6.07) is 0. The summed E-state index contributed by atoms with van der Waals surface area (Å²) in [6.07, 6.45) is 5.28. The van der Waals surface area contributed by atoms with Crippen molar-refractivity contribution in [2.24, 2.45) is 5.73 Å². The Labute approximate surface area is 64.5 Å². The maximum atomic E-state index is 10.2. The summed E-state index contributed by atoms with van der Waals surface area (Å²) < 4.78 is 3.55. The van der Waals surface area contributed by atoms with Gasteiger partial charge in [0, 0.05) is 0 Å². The first kappa shape index (κ1) is 6.82. The van der Waals surface area contributed by atoms with Crippen LogP contribution in [0.2, 0.25) is 0 Å². The van der Waals surface area contributed by atoms with Crippen LogP contribution in [-0.2, 0) is 4.79 Å². The van der Waals surface area contributed by atoms with E-state index in [2.05, 4.69) is 3.78 Å². The van der Waals surface area contributed by atoms with Crippen LogP contribution >= 0.6 is 0 Å². The Balaban J connectivity index is 2.41. The second-order valence-electron chi connectivity index (χ2n) is 1.61. The molecule has 1 aliphatic rings. The van der Waals surface area contributed by atoms with Gasteiger partial charge in [-0.25, -0.2) is 0 Å². The van der Waals surface area contributed by atoms with E-state index in [1.807, 2.05) is 12.2 Å². The summed E-state index contributed by atoms with van der Waals surface area (Å²) in [6.45, 7) is 0. The summed E-state index contributed by atoms with van der Waals surface area (Å²) >= 11 is -0.396. The number of nitrogens with two attached hydrogens (primary N) is 1. The molecule has 9 heavy (non-hydrogen) atoms. The molecule has 0 atom stereocenters. The van der Waals surface area contributed by atoms with Gasteiger partial charge in [-0.2, -0.15) is 0 Å². The standard InChI is InChI=1S/C6H6NO.Bi/c1-2-3-4-5-6(7)8;/h1-2,4-5H,(H2,7,8);. The molecule has 0 unspecified atom stereocenters. The molecule has 0 bridgehead atoms. The molecule has 46 valence electrons. The number of primary amides is 1. The Morgan fingerprint density at radius 3 is 2.78 bits per heavy atom. The SMILES string of the molecule is NC(=O)C=C[C]1=[Bi][CH]=C1. The van der Waals surface area contributed by atoms with Crippen LogP contribution in [0.25, 0.3) is 0 Å². The van der Waals surface area contributed by atoms with Gasteiger partial charge in [-0.3, -0.25) is 0 Å². The van der Waals surface area contributed by atoms with Crippen LogP contribution in [0.4, 0.5) is 0 Å². The van der Waals surface area contributed by atoms with Crippen molar-refractivity contribution in [3.8, 4) is 0 Å². The molecule has 2 N–H and O–H groups in total. The zero-order valence-corrected chi connectivity index (χ0v) is 8.22. The number of hydrogen-bond acceptors (Lipinski definition) is 1. The molecule has 1 aliphatic heterocycles. The van der Waals surface area contributed by atoms with Crippen LogP contribution in [0.3, 0.4) is 0 Å². The van der Waals surface area contributed by atoms with Gasteiger partial charge >= 0.3 is 64.4 Å². The van der Waals surface area contributed by atoms with Gasteiger partial charge in [0.25, 0.3) is 0 Å². The summed E-state index contributed by atoms with van der Waals surface area (Å²) in [7, 11) is 0. The molecule has 0 fully saturated rings. The number of hydrogen-bond donors (Lipinski definition) is 1. The van der Waals surface area contributed by atoms with E-state index in [4.69, 9.17) is 5.73 Å². The van der Waals surface area contributed by atoms with Crippen molar-refractivity contribution < 1.29 is 4.79 Å². The number of carbonyl (C=O) groups is 1. The topological polar surface area (TPSA) is 43.1 Å². The molecule has 0 radical (unpaired) electrons. The third kappa shape index (κ3) is 2.19. The normalized spacial score (nSPS) is 15.3. The minimum atomic E-state index is -0.396. The van der Waals surface area contributed by atoms with Gasteiger partial charge in [-0.05, 0) is 0 Å². The molecule has 1 rings (SSSR count). The average Bonchev–Trinajstić information content (AvgIpc) is 1.60. The molecule has 0 aromatic heterocycles. The Kier molecular flexibility index (Phi) is 2.29. The van der Waals surface area contributed by atoms with Gasteiger partial charge in [-0.15, -0.1) is 0 Å². The molecular weight excluding hydrogens is 311 g/mol. The van der Waals surface area contributed by atoms with Crippen molar-refractivity contribution >= 4 is 31.9 Å². The maximum absolute atomic E-state index is 10.2. The van der Waals surface area contributed by atoms with Crippen LogP contribution in [0.1, 0.15) is 0 Å². The molecular formula is C6H6BiNO. The van der Waals surface area contributed by atoms with Crippen LogP contribution in [-0.4, -0.2) is 31.9 Å². The van der Waals surface area contributed by atoms with E-state index < -0.39 is 22.8 Å². The molecule has 0 saturated carbocycles. The molecule has 0 saturated heterocycles. The predicted molar refractivity (Wildman–Crippen MR) is 38.2 cm³/mol. The third-order valence-corrected chi connectivity index (χ3v) is 4.36. The molecule has 3 heteroatoms. The monoisotopic (exact) mass is 317 g/mol. The summed E-state index contributed by atoms with van der Waals surface area (Å²) in [5.41, 5.74) is 4.88. The molecule has 1 heterocycles. The Bertz CT molecular complexity index is 215. The van der Waals surface area contributed by atoms with E-state index in [1.165, 1.54) is 9.28 Å². The Hall–Kier alpha value is -0.297. The van der Waals surface area contributed by atoms with E-state index >= 15 is 0 Å². The molecule has 1 amide bonds. The number of allylic oxidation sites excluding steroid dienone is 2. The fourth-order valence-electron chi connectivity index (χ4n) is 0.427. The second kappa shape index (κ2) is 3.02. The van der Waals surface area contributed by atoms with Crippen LogP contribution in [0, 0.1) is 0 Å². The van der Waals surface area contributed by atoms with Crippen molar-refractivity contribution in [3.05, 3.63) is 22.0 Å². The predicted octanol–water partition coefficient (Wildman–Crippen LogP) is -0.568. The average molecular weight is 317 g/mol. The first-order chi connectivity index (χ1) is 4.29. The van der Waals surface area contributed by atoms with Gasteiger partial charge in [0.2, 0.25) is 0 Å².